The minimum absolute atomic E-state index is 0.130. The van der Waals surface area contributed by atoms with Gasteiger partial charge in [-0.15, -0.1) is 10.2 Å². The summed E-state index contributed by atoms with van der Waals surface area (Å²) in [6.45, 7) is 3.33. The lowest BCUT2D eigenvalue weighted by molar-refractivity contribution is -0.114. The van der Waals surface area contributed by atoms with Crippen LogP contribution in [-0.2, 0) is 9.59 Å². The van der Waals surface area contributed by atoms with Gasteiger partial charge in [0.05, 0.1) is 5.75 Å². The molecule has 0 radical (unpaired) electrons. The molecule has 0 spiro atoms. The molecule has 30 heavy (non-hydrogen) atoms. The van der Waals surface area contributed by atoms with E-state index in [9.17, 15) is 14.4 Å². The predicted molar refractivity (Wildman–Crippen MR) is 119 cm³/mol. The number of thioether (sulfide) groups is 1. The first kappa shape index (κ1) is 21.5. The third-order valence-electron chi connectivity index (χ3n) is 3.70. The SMILES string of the molecule is CC(=O)Nc1cccc(NC(=O)CSc2nnc(NC(=O)c3cccc(C)c3)s2)c1. The highest BCUT2D eigenvalue weighted by Crippen LogP contribution is 2.26. The van der Waals surface area contributed by atoms with Gasteiger partial charge in [-0.1, -0.05) is 46.9 Å². The third kappa shape index (κ3) is 6.39. The monoisotopic (exact) mass is 441 g/mol. The highest BCUT2D eigenvalue weighted by molar-refractivity contribution is 8.01. The molecule has 10 heteroatoms. The summed E-state index contributed by atoms with van der Waals surface area (Å²) >= 11 is 2.42. The number of nitrogens with zero attached hydrogens (tertiary/aromatic N) is 2. The highest BCUT2D eigenvalue weighted by Gasteiger charge is 2.12. The molecule has 0 aliphatic carbocycles. The fraction of sp³-hybridized carbons (Fsp3) is 0.150. The van der Waals surface area contributed by atoms with Crippen molar-refractivity contribution in [2.24, 2.45) is 0 Å². The fourth-order valence-corrected chi connectivity index (χ4v) is 4.02. The maximum Gasteiger partial charge on any atom is 0.257 e. The van der Waals surface area contributed by atoms with Crippen molar-refractivity contribution in [2.75, 3.05) is 21.7 Å². The first-order valence-corrected chi connectivity index (χ1v) is 10.7. The van der Waals surface area contributed by atoms with Crippen molar-refractivity contribution >= 4 is 57.3 Å². The average Bonchev–Trinajstić information content (AvgIpc) is 3.13. The van der Waals surface area contributed by atoms with E-state index >= 15 is 0 Å². The molecule has 0 saturated heterocycles. The van der Waals surface area contributed by atoms with Crippen molar-refractivity contribution in [3.8, 4) is 0 Å². The van der Waals surface area contributed by atoms with Gasteiger partial charge < -0.3 is 10.6 Å². The Labute approximate surface area is 181 Å². The highest BCUT2D eigenvalue weighted by atomic mass is 32.2. The lowest BCUT2D eigenvalue weighted by Crippen LogP contribution is -2.14. The first-order chi connectivity index (χ1) is 14.4. The van der Waals surface area contributed by atoms with Crippen LogP contribution in [0, 0.1) is 6.92 Å². The van der Waals surface area contributed by atoms with Crippen LogP contribution in [0.4, 0.5) is 16.5 Å². The second-order valence-corrected chi connectivity index (χ2v) is 8.50. The van der Waals surface area contributed by atoms with Gasteiger partial charge in [-0.25, -0.2) is 0 Å². The van der Waals surface area contributed by atoms with Crippen LogP contribution < -0.4 is 16.0 Å². The molecular weight excluding hydrogens is 422 g/mol. The second kappa shape index (κ2) is 9.99. The Morgan fingerprint density at radius 1 is 0.967 bits per heavy atom. The van der Waals surface area contributed by atoms with Gasteiger partial charge in [-0.05, 0) is 37.3 Å². The second-order valence-electron chi connectivity index (χ2n) is 6.30. The van der Waals surface area contributed by atoms with E-state index in [0.29, 0.717) is 26.4 Å². The molecule has 0 aliphatic heterocycles. The number of anilines is 3. The summed E-state index contributed by atoms with van der Waals surface area (Å²) in [7, 11) is 0. The molecule has 3 amide bonds. The van der Waals surface area contributed by atoms with Gasteiger partial charge in [0.15, 0.2) is 4.34 Å². The summed E-state index contributed by atoms with van der Waals surface area (Å²) in [6, 6.07) is 14.1. The minimum Gasteiger partial charge on any atom is -0.326 e. The normalized spacial score (nSPS) is 10.3. The van der Waals surface area contributed by atoms with E-state index in [4.69, 9.17) is 0 Å². The Morgan fingerprint density at radius 3 is 2.43 bits per heavy atom. The Balaban J connectivity index is 1.51. The van der Waals surface area contributed by atoms with Crippen LogP contribution in [0.1, 0.15) is 22.8 Å². The van der Waals surface area contributed by atoms with Crippen molar-refractivity contribution < 1.29 is 14.4 Å². The van der Waals surface area contributed by atoms with Crippen molar-refractivity contribution in [1.29, 1.82) is 0 Å². The molecule has 3 N–H and O–H groups in total. The number of aromatic nitrogens is 2. The number of carbonyl (C=O) groups is 3. The van der Waals surface area contributed by atoms with E-state index in [-0.39, 0.29) is 23.5 Å². The Kier molecular flexibility index (Phi) is 7.15. The van der Waals surface area contributed by atoms with Gasteiger partial charge in [-0.2, -0.15) is 0 Å². The smallest absolute Gasteiger partial charge is 0.257 e. The lowest BCUT2D eigenvalue weighted by Gasteiger charge is -2.07. The quantitative estimate of drug-likeness (QED) is 0.380. The zero-order valence-electron chi connectivity index (χ0n) is 16.3. The van der Waals surface area contributed by atoms with Crippen LogP contribution in [0.2, 0.25) is 0 Å². The van der Waals surface area contributed by atoms with Crippen LogP contribution in [0.5, 0.6) is 0 Å². The molecule has 0 saturated carbocycles. The van der Waals surface area contributed by atoms with E-state index < -0.39 is 0 Å². The number of rotatable bonds is 7. The number of nitrogens with one attached hydrogen (secondary N) is 3. The van der Waals surface area contributed by atoms with Gasteiger partial charge in [0.25, 0.3) is 5.91 Å². The molecule has 0 unspecified atom stereocenters. The molecule has 1 heterocycles. The van der Waals surface area contributed by atoms with E-state index in [0.717, 1.165) is 5.56 Å². The van der Waals surface area contributed by atoms with Crippen LogP contribution >= 0.6 is 23.1 Å². The van der Waals surface area contributed by atoms with E-state index in [1.807, 2.05) is 19.1 Å². The molecule has 154 valence electrons. The molecular formula is C20H19N5O3S2. The van der Waals surface area contributed by atoms with Crippen LogP contribution in [0.15, 0.2) is 52.9 Å². The molecule has 3 aromatic rings. The van der Waals surface area contributed by atoms with Gasteiger partial charge in [0, 0.05) is 23.9 Å². The maximum absolute atomic E-state index is 12.3. The molecule has 0 aliphatic rings. The van der Waals surface area contributed by atoms with Crippen molar-refractivity contribution in [2.45, 2.75) is 18.2 Å². The van der Waals surface area contributed by atoms with Crippen LogP contribution in [-0.4, -0.2) is 33.7 Å². The van der Waals surface area contributed by atoms with Crippen molar-refractivity contribution in [3.05, 3.63) is 59.7 Å². The Morgan fingerprint density at radius 2 is 1.70 bits per heavy atom. The molecule has 0 bridgehead atoms. The first-order valence-electron chi connectivity index (χ1n) is 8.91. The number of amides is 3. The number of benzene rings is 2. The molecule has 0 fully saturated rings. The van der Waals surface area contributed by atoms with Crippen molar-refractivity contribution in [1.82, 2.24) is 10.2 Å². The van der Waals surface area contributed by atoms with Gasteiger partial charge >= 0.3 is 0 Å². The minimum atomic E-state index is -0.261. The summed E-state index contributed by atoms with van der Waals surface area (Å²) in [6.07, 6.45) is 0. The van der Waals surface area contributed by atoms with Crippen LogP contribution in [0.3, 0.4) is 0 Å². The summed E-state index contributed by atoms with van der Waals surface area (Å²) in [5.41, 5.74) is 2.71. The summed E-state index contributed by atoms with van der Waals surface area (Å²) < 4.78 is 0.566. The third-order valence-corrected chi connectivity index (χ3v) is 5.67. The maximum atomic E-state index is 12.3. The average molecular weight is 442 g/mol. The number of carbonyl (C=O) groups excluding carboxylic acids is 3. The topological polar surface area (TPSA) is 113 Å². The lowest BCUT2D eigenvalue weighted by atomic mass is 10.1. The largest absolute Gasteiger partial charge is 0.326 e. The van der Waals surface area contributed by atoms with Crippen molar-refractivity contribution in [3.63, 3.8) is 0 Å². The molecule has 0 atom stereocenters. The number of aryl methyl sites for hydroxylation is 1. The standard InChI is InChI=1S/C20H19N5O3S2/c1-12-5-3-6-14(9-12)18(28)23-19-24-25-20(30-19)29-11-17(27)22-16-8-4-7-15(10-16)21-13(2)26/h3-10H,11H2,1-2H3,(H,21,26)(H,22,27)(H,23,24,28). The molecule has 3 rings (SSSR count). The van der Waals surface area contributed by atoms with Gasteiger partial charge in [0.1, 0.15) is 0 Å². The summed E-state index contributed by atoms with van der Waals surface area (Å²) in [5, 5.41) is 16.5. The zero-order chi connectivity index (χ0) is 21.5. The summed E-state index contributed by atoms with van der Waals surface area (Å²) in [4.78, 5) is 35.6. The zero-order valence-corrected chi connectivity index (χ0v) is 17.9. The predicted octanol–water partition coefficient (Wildman–Crippen LogP) is 3.79. The number of hydrogen-bond donors (Lipinski definition) is 3. The fourth-order valence-electron chi connectivity index (χ4n) is 2.48. The molecule has 8 nitrogen and oxygen atoms in total. The van der Waals surface area contributed by atoms with Gasteiger partial charge in [-0.3, -0.25) is 19.7 Å². The van der Waals surface area contributed by atoms with Gasteiger partial charge in [0.2, 0.25) is 16.9 Å². The molecule has 1 aromatic heterocycles. The molecule has 2 aromatic carbocycles. The van der Waals surface area contributed by atoms with E-state index in [1.165, 1.54) is 30.0 Å². The Hall–Kier alpha value is -3.24. The van der Waals surface area contributed by atoms with E-state index in [2.05, 4.69) is 26.1 Å². The summed E-state index contributed by atoms with van der Waals surface area (Å²) in [5.74, 6) is -0.538. The number of hydrogen-bond acceptors (Lipinski definition) is 7. The van der Waals surface area contributed by atoms with Crippen LogP contribution in [0.25, 0.3) is 0 Å². The Bertz CT molecular complexity index is 1080. The van der Waals surface area contributed by atoms with E-state index in [1.54, 1.807) is 36.4 Å².